The topological polar surface area (TPSA) is 172 Å². The molecule has 0 amide bonds. The number of aromatic amines is 3. The average molecular weight is 601 g/mol. The molecule has 4 rings (SSSR count). The zero-order valence-electron chi connectivity index (χ0n) is 25.9. The summed E-state index contributed by atoms with van der Waals surface area (Å²) in [5.41, 5.74) is 2.65. The SMILES string of the molecule is CCc1c(C(=O)c2cc(C)cc(C)c2)[nH]c(=O)[nH]c1=O.CCc1c(C(=O)c2cc(C)cc(C)c2)n(CC(C)=O)c(=O)[nH]c1=O. The minimum Gasteiger partial charge on any atom is -0.304 e. The van der Waals surface area contributed by atoms with E-state index in [1.54, 1.807) is 38.1 Å². The molecule has 0 aliphatic carbocycles. The second-order valence-electron chi connectivity index (χ2n) is 10.8. The third-order valence-corrected chi connectivity index (χ3v) is 6.83. The van der Waals surface area contributed by atoms with Gasteiger partial charge in [0.25, 0.3) is 11.1 Å². The zero-order chi connectivity index (χ0) is 32.9. The van der Waals surface area contributed by atoms with Crippen molar-refractivity contribution in [3.05, 3.63) is 134 Å². The lowest BCUT2D eigenvalue weighted by Gasteiger charge is -2.14. The first kappa shape index (κ1) is 33.3. The van der Waals surface area contributed by atoms with E-state index in [-0.39, 0.29) is 41.5 Å². The molecule has 0 aliphatic rings. The van der Waals surface area contributed by atoms with Gasteiger partial charge in [-0.05, 0) is 71.7 Å². The van der Waals surface area contributed by atoms with Crippen molar-refractivity contribution >= 4 is 17.3 Å². The molecule has 0 saturated heterocycles. The molecule has 3 N–H and O–H groups in total. The second-order valence-corrected chi connectivity index (χ2v) is 10.8. The van der Waals surface area contributed by atoms with Crippen LogP contribution in [0.2, 0.25) is 0 Å². The van der Waals surface area contributed by atoms with Crippen molar-refractivity contribution < 1.29 is 14.4 Å². The molecule has 11 nitrogen and oxygen atoms in total. The number of Topliss-reactive ketones (excluding diaryl/α,β-unsaturated/α-hetero) is 1. The van der Waals surface area contributed by atoms with Gasteiger partial charge in [-0.25, -0.2) is 9.59 Å². The number of nitrogens with one attached hydrogen (secondary N) is 3. The van der Waals surface area contributed by atoms with Gasteiger partial charge in [0.15, 0.2) is 0 Å². The number of carbonyl (C=O) groups is 3. The van der Waals surface area contributed by atoms with Crippen molar-refractivity contribution in [2.45, 2.75) is 67.9 Å². The zero-order valence-corrected chi connectivity index (χ0v) is 25.9. The van der Waals surface area contributed by atoms with E-state index in [0.717, 1.165) is 26.8 Å². The molecule has 0 unspecified atom stereocenters. The quantitative estimate of drug-likeness (QED) is 0.261. The van der Waals surface area contributed by atoms with Gasteiger partial charge >= 0.3 is 11.4 Å². The Morgan fingerprint density at radius 3 is 1.55 bits per heavy atom. The van der Waals surface area contributed by atoms with Crippen LogP contribution in [0.25, 0.3) is 0 Å². The number of nitrogens with zero attached hydrogens (tertiary/aromatic N) is 1. The number of H-pyrrole nitrogens is 3. The highest BCUT2D eigenvalue weighted by molar-refractivity contribution is 6.09. The molecule has 0 fully saturated rings. The van der Waals surface area contributed by atoms with Crippen LogP contribution in [-0.4, -0.2) is 36.9 Å². The Labute approximate surface area is 253 Å². The molecule has 0 saturated carbocycles. The highest BCUT2D eigenvalue weighted by Crippen LogP contribution is 2.16. The summed E-state index contributed by atoms with van der Waals surface area (Å²) in [4.78, 5) is 91.1. The Morgan fingerprint density at radius 1 is 0.636 bits per heavy atom. The summed E-state index contributed by atoms with van der Waals surface area (Å²) < 4.78 is 1.06. The molecule has 11 heteroatoms. The summed E-state index contributed by atoms with van der Waals surface area (Å²) >= 11 is 0. The molecule has 0 spiro atoms. The Morgan fingerprint density at radius 2 is 1.09 bits per heavy atom. The van der Waals surface area contributed by atoms with Crippen molar-refractivity contribution in [3.8, 4) is 0 Å². The van der Waals surface area contributed by atoms with E-state index in [0.29, 0.717) is 23.1 Å². The minimum absolute atomic E-state index is 0.00792. The monoisotopic (exact) mass is 600 g/mol. The van der Waals surface area contributed by atoms with E-state index >= 15 is 0 Å². The molecule has 4 aromatic rings. The summed E-state index contributed by atoms with van der Waals surface area (Å²) in [7, 11) is 0. The number of benzene rings is 2. The number of carbonyl (C=O) groups excluding carboxylic acids is 3. The Bertz CT molecular complexity index is 1970. The number of hydrogen-bond acceptors (Lipinski definition) is 7. The summed E-state index contributed by atoms with van der Waals surface area (Å²) in [5, 5.41) is 0. The smallest absolute Gasteiger partial charge is 0.304 e. The van der Waals surface area contributed by atoms with Crippen molar-refractivity contribution in [2.75, 3.05) is 0 Å². The van der Waals surface area contributed by atoms with E-state index < -0.39 is 28.3 Å². The molecule has 0 bridgehead atoms. The van der Waals surface area contributed by atoms with Gasteiger partial charge in [-0.2, -0.15) is 0 Å². The summed E-state index contributed by atoms with van der Waals surface area (Å²) in [5.74, 6) is -1.04. The molecule has 230 valence electrons. The standard InChI is InChI=1S/C18H20N2O4.C15H16N2O3/c1-5-14-15(16(22)13-7-10(2)6-11(3)8-13)20(9-12(4)21)18(24)19-17(14)23;1-4-11-12(16-15(20)17-14(11)19)13(18)10-6-8(2)5-9(3)7-10/h6-8H,5,9H2,1-4H3,(H,19,23,24);5-7H,4H2,1-3H3,(H2,16,17,19,20). The summed E-state index contributed by atoms with van der Waals surface area (Å²) in [6, 6.07) is 10.8. The van der Waals surface area contributed by atoms with E-state index in [4.69, 9.17) is 0 Å². The first-order valence-corrected chi connectivity index (χ1v) is 14.1. The van der Waals surface area contributed by atoms with Crippen LogP contribution in [0.3, 0.4) is 0 Å². The molecule has 2 aromatic carbocycles. The van der Waals surface area contributed by atoms with Crippen LogP contribution >= 0.6 is 0 Å². The van der Waals surface area contributed by atoms with Crippen LogP contribution in [0.4, 0.5) is 0 Å². The number of aromatic nitrogens is 4. The van der Waals surface area contributed by atoms with Crippen molar-refractivity contribution in [1.82, 2.24) is 19.5 Å². The lowest BCUT2D eigenvalue weighted by atomic mass is 9.99. The van der Waals surface area contributed by atoms with Crippen LogP contribution in [0.1, 0.15) is 86.3 Å². The molecule has 2 aromatic heterocycles. The molecular formula is C33H36N4O7. The average Bonchev–Trinajstić information content (AvgIpc) is 2.92. The third kappa shape index (κ3) is 7.60. The molecular weight excluding hydrogens is 564 g/mol. The van der Waals surface area contributed by atoms with Crippen LogP contribution in [0, 0.1) is 27.7 Å². The maximum atomic E-state index is 13.0. The van der Waals surface area contributed by atoms with Gasteiger partial charge in [-0.3, -0.25) is 38.5 Å². The largest absolute Gasteiger partial charge is 0.329 e. The maximum absolute atomic E-state index is 13.0. The highest BCUT2D eigenvalue weighted by Gasteiger charge is 2.23. The fourth-order valence-corrected chi connectivity index (χ4v) is 5.11. The summed E-state index contributed by atoms with van der Waals surface area (Å²) in [6.07, 6.45) is 0.650. The lowest BCUT2D eigenvalue weighted by Crippen LogP contribution is -2.38. The van der Waals surface area contributed by atoms with E-state index in [9.17, 15) is 33.6 Å². The van der Waals surface area contributed by atoms with E-state index in [1.165, 1.54) is 6.92 Å². The predicted molar refractivity (Wildman–Crippen MR) is 167 cm³/mol. The third-order valence-electron chi connectivity index (χ3n) is 6.83. The first-order chi connectivity index (χ1) is 20.7. The predicted octanol–water partition coefficient (Wildman–Crippen LogP) is 3.01. The van der Waals surface area contributed by atoms with Gasteiger partial charge < -0.3 is 4.98 Å². The second kappa shape index (κ2) is 13.9. The van der Waals surface area contributed by atoms with Crippen LogP contribution < -0.4 is 22.5 Å². The van der Waals surface area contributed by atoms with Crippen LogP contribution in [-0.2, 0) is 24.2 Å². The van der Waals surface area contributed by atoms with Crippen LogP contribution in [0.5, 0.6) is 0 Å². The van der Waals surface area contributed by atoms with Gasteiger partial charge in [-0.15, -0.1) is 0 Å². The van der Waals surface area contributed by atoms with Crippen molar-refractivity contribution in [3.63, 3.8) is 0 Å². The fraction of sp³-hybridized carbons (Fsp3) is 0.303. The summed E-state index contributed by atoms with van der Waals surface area (Å²) in [6.45, 7) is 12.1. The fourth-order valence-electron chi connectivity index (χ4n) is 5.11. The van der Waals surface area contributed by atoms with Gasteiger partial charge in [-0.1, -0.05) is 48.2 Å². The van der Waals surface area contributed by atoms with Crippen molar-refractivity contribution in [2.24, 2.45) is 0 Å². The molecule has 0 aliphatic heterocycles. The van der Waals surface area contributed by atoms with E-state index in [1.807, 2.05) is 39.8 Å². The van der Waals surface area contributed by atoms with Gasteiger partial charge in [0.2, 0.25) is 11.6 Å². The normalized spacial score (nSPS) is 10.6. The van der Waals surface area contributed by atoms with E-state index in [2.05, 4.69) is 15.0 Å². The highest BCUT2D eigenvalue weighted by atomic mass is 16.2. The Balaban J connectivity index is 0.000000244. The number of rotatable bonds is 8. The molecule has 0 atom stereocenters. The van der Waals surface area contributed by atoms with Gasteiger partial charge in [0.1, 0.15) is 11.5 Å². The lowest BCUT2D eigenvalue weighted by molar-refractivity contribution is -0.117. The van der Waals surface area contributed by atoms with Gasteiger partial charge in [0.05, 0.1) is 12.2 Å². The Hall–Kier alpha value is -5.19. The Kier molecular flexibility index (Phi) is 10.5. The molecule has 0 radical (unpaired) electrons. The molecule has 2 heterocycles. The number of ketones is 3. The maximum Gasteiger partial charge on any atom is 0.329 e. The van der Waals surface area contributed by atoms with Crippen molar-refractivity contribution in [1.29, 1.82) is 0 Å². The first-order valence-electron chi connectivity index (χ1n) is 14.1. The van der Waals surface area contributed by atoms with Crippen LogP contribution in [0.15, 0.2) is 55.6 Å². The van der Waals surface area contributed by atoms with Gasteiger partial charge in [0, 0.05) is 22.3 Å². The number of aryl methyl sites for hydroxylation is 4. The molecule has 44 heavy (non-hydrogen) atoms. The minimum atomic E-state index is -0.750. The number of hydrogen-bond donors (Lipinski definition) is 3.